The van der Waals surface area contributed by atoms with Crippen molar-refractivity contribution >= 4 is 53.1 Å². The molecule has 2 aliphatic heterocycles. The second-order valence-electron chi connectivity index (χ2n) is 10.9. The number of para-hydroxylation sites is 1. The van der Waals surface area contributed by atoms with Gasteiger partial charge in [-0.2, -0.15) is 13.2 Å². The Labute approximate surface area is 266 Å². The first-order valence-electron chi connectivity index (χ1n) is 14.0. The third-order valence-corrected chi connectivity index (χ3v) is 7.91. The van der Waals surface area contributed by atoms with Crippen molar-refractivity contribution in [1.82, 2.24) is 20.1 Å². The lowest BCUT2D eigenvalue weighted by molar-refractivity contribution is -0.137. The monoisotopic (exact) mass is 647 g/mol. The molecule has 12 heteroatoms. The number of aryl methyl sites for hydroxylation is 1. The van der Waals surface area contributed by atoms with Crippen molar-refractivity contribution in [3.63, 3.8) is 0 Å². The molecule has 0 aliphatic carbocycles. The summed E-state index contributed by atoms with van der Waals surface area (Å²) in [6.45, 7) is 4.48. The number of anilines is 2. The first-order chi connectivity index (χ1) is 20.2. The van der Waals surface area contributed by atoms with Gasteiger partial charge in [0.15, 0.2) is 0 Å². The molecular weight excluding hydrogens is 614 g/mol. The molecule has 2 fully saturated rings. The minimum atomic E-state index is -4.52. The van der Waals surface area contributed by atoms with Crippen molar-refractivity contribution < 1.29 is 22.7 Å². The molecule has 0 spiro atoms. The second-order valence-corrected chi connectivity index (χ2v) is 10.9. The first kappa shape index (κ1) is 33.2. The molecule has 7 nitrogen and oxygen atoms in total. The number of urea groups is 1. The number of halogens is 5. The molecule has 44 heavy (non-hydrogen) atoms. The maximum atomic E-state index is 13.8. The first-order valence-corrected chi connectivity index (χ1v) is 14.0. The Hall–Kier alpha value is -3.73. The fourth-order valence-electron chi connectivity index (χ4n) is 5.91. The fraction of sp³-hybridized carbons (Fsp3) is 0.312. The van der Waals surface area contributed by atoms with E-state index in [2.05, 4.69) is 20.5 Å². The molecule has 0 radical (unpaired) electrons. The molecule has 2 saturated heterocycles. The van der Waals surface area contributed by atoms with Gasteiger partial charge in [0, 0.05) is 66.8 Å². The summed E-state index contributed by atoms with van der Waals surface area (Å²) in [5.41, 5.74) is 2.74. The second kappa shape index (κ2) is 13.9. The minimum Gasteiger partial charge on any atom is -0.492 e. The van der Waals surface area contributed by atoms with Crippen LogP contribution in [0.4, 0.5) is 29.3 Å². The van der Waals surface area contributed by atoms with Crippen LogP contribution < -0.4 is 15.4 Å². The van der Waals surface area contributed by atoms with Gasteiger partial charge in [0.2, 0.25) is 0 Å². The van der Waals surface area contributed by atoms with Crippen molar-refractivity contribution in [2.24, 2.45) is 0 Å². The quantitative estimate of drug-likeness (QED) is 0.212. The molecule has 2 atom stereocenters. The molecule has 3 heterocycles. The number of carbonyl (C=O) groups is 1. The zero-order valence-electron chi connectivity index (χ0n) is 24.0. The molecule has 4 aromatic rings. The summed E-state index contributed by atoms with van der Waals surface area (Å²) in [5, 5.41) is 6.97. The highest BCUT2D eigenvalue weighted by Gasteiger charge is 2.45. The number of amides is 2. The normalized spacial score (nSPS) is 17.6. The van der Waals surface area contributed by atoms with Gasteiger partial charge in [-0.3, -0.25) is 9.88 Å². The zero-order valence-corrected chi connectivity index (χ0v) is 25.6. The van der Waals surface area contributed by atoms with Gasteiger partial charge >= 0.3 is 12.2 Å². The molecule has 0 saturated carbocycles. The van der Waals surface area contributed by atoms with Crippen LogP contribution in [0.3, 0.4) is 0 Å². The van der Waals surface area contributed by atoms with E-state index in [1.54, 1.807) is 6.07 Å². The number of ether oxygens (including phenoxy) is 1. The van der Waals surface area contributed by atoms with Crippen molar-refractivity contribution in [3.8, 4) is 5.75 Å². The minimum absolute atomic E-state index is 0. The number of hydrogen-bond donors (Lipinski definition) is 2. The molecule has 2 N–H and O–H groups in total. The predicted molar refractivity (Wildman–Crippen MR) is 170 cm³/mol. The van der Waals surface area contributed by atoms with E-state index in [9.17, 15) is 18.0 Å². The van der Waals surface area contributed by atoms with Crippen molar-refractivity contribution in [3.05, 3.63) is 95.7 Å². The van der Waals surface area contributed by atoms with Gasteiger partial charge in [0.05, 0.1) is 11.1 Å². The fourth-order valence-corrected chi connectivity index (χ4v) is 5.91. The Balaban J connectivity index is 0.00000221. The van der Waals surface area contributed by atoms with Crippen LogP contribution in [0.15, 0.2) is 78.9 Å². The standard InChI is InChI=1S/C32H32F3N5O2.2ClH/c1-21-13-30(28-9-5-6-10-29(28)37-21)38-24-14-23(32(33,34)35)15-27(16-24)42-12-11-39-19-26-17-25(39)20-40(26)31(41)36-18-22-7-3-2-4-8-22;;/h2-10,13-16,25-26H,11-12,17-20H2,1H3,(H,36,41)(H,37,38);2*1H. The van der Waals surface area contributed by atoms with Crippen LogP contribution in [-0.4, -0.2) is 59.1 Å². The van der Waals surface area contributed by atoms with Crippen LogP contribution in [-0.2, 0) is 12.7 Å². The Kier molecular flexibility index (Phi) is 10.5. The summed E-state index contributed by atoms with van der Waals surface area (Å²) in [6, 6.07) is 23.1. The number of rotatable bonds is 8. The van der Waals surface area contributed by atoms with E-state index in [4.69, 9.17) is 4.74 Å². The summed E-state index contributed by atoms with van der Waals surface area (Å²) < 4.78 is 47.2. The van der Waals surface area contributed by atoms with Crippen molar-refractivity contribution in [2.75, 3.05) is 31.6 Å². The van der Waals surface area contributed by atoms with Crippen LogP contribution in [0.5, 0.6) is 5.75 Å². The number of alkyl halides is 3. The predicted octanol–water partition coefficient (Wildman–Crippen LogP) is 7.20. The highest BCUT2D eigenvalue weighted by Crippen LogP contribution is 2.36. The molecule has 2 amide bonds. The molecule has 2 bridgehead atoms. The van der Waals surface area contributed by atoms with Crippen molar-refractivity contribution in [1.29, 1.82) is 0 Å². The van der Waals surface area contributed by atoms with E-state index in [0.717, 1.165) is 47.3 Å². The third kappa shape index (κ3) is 7.49. The van der Waals surface area contributed by atoms with E-state index < -0.39 is 11.7 Å². The lowest BCUT2D eigenvalue weighted by Crippen LogP contribution is -2.52. The van der Waals surface area contributed by atoms with E-state index in [1.165, 1.54) is 0 Å². The lowest BCUT2D eigenvalue weighted by Gasteiger charge is -2.34. The number of likely N-dealkylation sites (tertiary alicyclic amines) is 2. The smallest absolute Gasteiger partial charge is 0.416 e. The summed E-state index contributed by atoms with van der Waals surface area (Å²) in [6.07, 6.45) is -3.64. The molecule has 6 rings (SSSR count). The third-order valence-electron chi connectivity index (χ3n) is 7.91. The van der Waals surface area contributed by atoms with Crippen LogP contribution in [0.25, 0.3) is 10.9 Å². The Morgan fingerprint density at radius 2 is 1.73 bits per heavy atom. The lowest BCUT2D eigenvalue weighted by atomic mass is 10.1. The van der Waals surface area contributed by atoms with E-state index in [-0.39, 0.29) is 61.0 Å². The van der Waals surface area contributed by atoms with E-state index in [0.29, 0.717) is 25.3 Å². The van der Waals surface area contributed by atoms with Crippen LogP contribution in [0.2, 0.25) is 0 Å². The number of carbonyl (C=O) groups excluding carboxylic acids is 1. The zero-order chi connectivity index (χ0) is 29.3. The number of aromatic nitrogens is 1. The maximum absolute atomic E-state index is 13.8. The van der Waals surface area contributed by atoms with Crippen LogP contribution >= 0.6 is 24.8 Å². The number of piperazine rings is 1. The molecule has 2 unspecified atom stereocenters. The number of pyridine rings is 1. The molecule has 3 aromatic carbocycles. The molecule has 2 aliphatic rings. The van der Waals surface area contributed by atoms with Gasteiger partial charge in [0.25, 0.3) is 0 Å². The number of nitrogens with zero attached hydrogens (tertiary/aromatic N) is 3. The summed E-state index contributed by atoms with van der Waals surface area (Å²) >= 11 is 0. The molecular formula is C32H34Cl2F3N5O2. The van der Waals surface area contributed by atoms with Gasteiger partial charge < -0.3 is 20.3 Å². The van der Waals surface area contributed by atoms with Gasteiger partial charge in [-0.05, 0) is 43.2 Å². The maximum Gasteiger partial charge on any atom is 0.416 e. The molecule has 1 aromatic heterocycles. The van der Waals surface area contributed by atoms with Gasteiger partial charge in [0.1, 0.15) is 12.4 Å². The average molecular weight is 649 g/mol. The van der Waals surface area contributed by atoms with Crippen LogP contribution in [0, 0.1) is 6.92 Å². The number of nitrogens with one attached hydrogen (secondary N) is 2. The number of fused-ring (bicyclic) bond motifs is 3. The highest BCUT2D eigenvalue weighted by molar-refractivity contribution is 5.93. The van der Waals surface area contributed by atoms with E-state index in [1.807, 2.05) is 72.5 Å². The topological polar surface area (TPSA) is 69.7 Å². The largest absolute Gasteiger partial charge is 0.492 e. The average Bonchev–Trinajstić information content (AvgIpc) is 3.57. The van der Waals surface area contributed by atoms with E-state index >= 15 is 0 Å². The van der Waals surface area contributed by atoms with Gasteiger partial charge in [-0.1, -0.05) is 48.5 Å². The summed E-state index contributed by atoms with van der Waals surface area (Å²) in [4.78, 5) is 21.4. The SMILES string of the molecule is Cc1cc(Nc2cc(OCCN3CC4CC3CN4C(=O)NCc3ccccc3)cc(C(F)(F)F)c2)c2ccccc2n1.Cl.Cl. The number of benzene rings is 3. The Morgan fingerprint density at radius 3 is 2.45 bits per heavy atom. The van der Waals surface area contributed by atoms with Crippen LogP contribution in [0.1, 0.15) is 23.2 Å². The number of hydrogen-bond acceptors (Lipinski definition) is 5. The Morgan fingerprint density at radius 1 is 0.977 bits per heavy atom. The molecule has 234 valence electrons. The van der Waals surface area contributed by atoms with Crippen molar-refractivity contribution in [2.45, 2.75) is 38.1 Å². The highest BCUT2D eigenvalue weighted by atomic mass is 35.5. The van der Waals surface area contributed by atoms with Gasteiger partial charge in [-0.15, -0.1) is 24.8 Å². The Bertz CT molecular complexity index is 1590. The van der Waals surface area contributed by atoms with Gasteiger partial charge in [-0.25, -0.2) is 4.79 Å². The summed E-state index contributed by atoms with van der Waals surface area (Å²) in [5.74, 6) is 0.147. The summed E-state index contributed by atoms with van der Waals surface area (Å²) in [7, 11) is 0.